The average molecular weight is 295 g/mol. The van der Waals surface area contributed by atoms with Gasteiger partial charge < -0.3 is 9.88 Å². The normalized spacial score (nSPS) is 20.8. The molecule has 114 valence electrons. The van der Waals surface area contributed by atoms with E-state index in [1.165, 1.54) is 5.56 Å². The molecule has 0 radical (unpaired) electrons. The molecule has 22 heavy (non-hydrogen) atoms. The minimum atomic E-state index is -0.222. The van der Waals surface area contributed by atoms with E-state index in [0.29, 0.717) is 11.8 Å². The van der Waals surface area contributed by atoms with Crippen LogP contribution in [0.3, 0.4) is 0 Å². The second-order valence-corrected chi connectivity index (χ2v) is 6.51. The summed E-state index contributed by atoms with van der Waals surface area (Å²) in [5, 5.41) is 0. The first-order chi connectivity index (χ1) is 10.8. The van der Waals surface area contributed by atoms with E-state index in [1.807, 2.05) is 24.4 Å². The fourth-order valence-corrected chi connectivity index (χ4v) is 3.68. The molecular formula is C18H21N3O. The highest BCUT2D eigenvalue weighted by atomic mass is 16.2. The van der Waals surface area contributed by atoms with Gasteiger partial charge >= 0.3 is 0 Å². The number of carbonyl (C=O) groups excluding carboxylic acids is 1. The number of rotatable bonds is 3. The Hall–Kier alpha value is -2.10. The highest BCUT2D eigenvalue weighted by molar-refractivity contribution is 5.91. The molecule has 1 aliphatic heterocycles. The third-order valence-electron chi connectivity index (χ3n) is 5.21. The van der Waals surface area contributed by atoms with Gasteiger partial charge in [0, 0.05) is 25.2 Å². The third-order valence-corrected chi connectivity index (χ3v) is 5.21. The van der Waals surface area contributed by atoms with E-state index < -0.39 is 0 Å². The number of amides is 1. The number of likely N-dealkylation sites (tertiary alicyclic amines) is 1. The van der Waals surface area contributed by atoms with Crippen LogP contribution in [0.1, 0.15) is 42.9 Å². The summed E-state index contributed by atoms with van der Waals surface area (Å²) < 4.78 is 0. The van der Waals surface area contributed by atoms with E-state index in [0.717, 1.165) is 44.5 Å². The van der Waals surface area contributed by atoms with Crippen molar-refractivity contribution in [2.24, 2.45) is 0 Å². The lowest BCUT2D eigenvalue weighted by Gasteiger charge is -2.34. The maximum atomic E-state index is 13.0. The second-order valence-electron chi connectivity index (χ2n) is 6.51. The van der Waals surface area contributed by atoms with Gasteiger partial charge in [0.25, 0.3) is 0 Å². The standard InChI is InChI=1S/C18H21N3O/c22-17(18(8-9-18)15-4-2-1-3-5-15)21-10-6-14(7-11-21)16-12-19-13-20-16/h1-5,12-14H,6-11H2,(H,19,20). The van der Waals surface area contributed by atoms with Gasteiger partial charge in [0.1, 0.15) is 0 Å². The van der Waals surface area contributed by atoms with Crippen molar-refractivity contribution in [2.45, 2.75) is 37.0 Å². The summed E-state index contributed by atoms with van der Waals surface area (Å²) in [6.45, 7) is 1.70. The topological polar surface area (TPSA) is 49.0 Å². The Balaban J connectivity index is 1.45. The number of benzene rings is 1. The largest absolute Gasteiger partial charge is 0.351 e. The zero-order valence-corrected chi connectivity index (χ0v) is 12.7. The number of aromatic nitrogens is 2. The molecular weight excluding hydrogens is 274 g/mol. The molecule has 4 nitrogen and oxygen atoms in total. The van der Waals surface area contributed by atoms with Crippen molar-refractivity contribution in [1.29, 1.82) is 0 Å². The van der Waals surface area contributed by atoms with Crippen LogP contribution < -0.4 is 0 Å². The summed E-state index contributed by atoms with van der Waals surface area (Å²) in [5.41, 5.74) is 2.10. The number of piperidine rings is 1. The Kier molecular flexibility index (Phi) is 3.25. The zero-order valence-electron chi connectivity index (χ0n) is 12.7. The molecule has 1 saturated heterocycles. The molecule has 1 saturated carbocycles. The van der Waals surface area contributed by atoms with Crippen molar-refractivity contribution in [3.8, 4) is 0 Å². The van der Waals surface area contributed by atoms with Gasteiger partial charge in [0.2, 0.25) is 5.91 Å². The third kappa shape index (κ3) is 2.23. The number of hydrogen-bond donors (Lipinski definition) is 1. The second kappa shape index (κ2) is 5.27. The Morgan fingerprint density at radius 3 is 2.50 bits per heavy atom. The Bertz CT molecular complexity index is 638. The zero-order chi connectivity index (χ0) is 15.0. The average Bonchev–Trinajstić information content (AvgIpc) is 3.22. The van der Waals surface area contributed by atoms with E-state index in [9.17, 15) is 4.79 Å². The summed E-state index contributed by atoms with van der Waals surface area (Å²) in [5.74, 6) is 0.821. The predicted octanol–water partition coefficient (Wildman–Crippen LogP) is 2.85. The molecule has 1 N–H and O–H groups in total. The summed E-state index contributed by atoms with van der Waals surface area (Å²) in [6, 6.07) is 10.3. The first-order valence-corrected chi connectivity index (χ1v) is 8.13. The molecule has 2 aliphatic rings. The fraction of sp³-hybridized carbons (Fsp3) is 0.444. The molecule has 1 amide bonds. The van der Waals surface area contributed by atoms with Crippen LogP contribution >= 0.6 is 0 Å². The number of H-pyrrole nitrogens is 1. The molecule has 0 atom stereocenters. The number of aromatic amines is 1. The van der Waals surface area contributed by atoms with Crippen LogP contribution in [0.5, 0.6) is 0 Å². The van der Waals surface area contributed by atoms with E-state index >= 15 is 0 Å². The smallest absolute Gasteiger partial charge is 0.233 e. The summed E-state index contributed by atoms with van der Waals surface area (Å²) in [4.78, 5) is 22.4. The fourth-order valence-electron chi connectivity index (χ4n) is 3.68. The van der Waals surface area contributed by atoms with Crippen molar-refractivity contribution in [3.63, 3.8) is 0 Å². The minimum absolute atomic E-state index is 0.222. The quantitative estimate of drug-likeness (QED) is 0.946. The van der Waals surface area contributed by atoms with E-state index in [-0.39, 0.29) is 5.41 Å². The van der Waals surface area contributed by atoms with E-state index in [2.05, 4.69) is 27.0 Å². The molecule has 1 aromatic carbocycles. The minimum Gasteiger partial charge on any atom is -0.351 e. The molecule has 0 spiro atoms. The molecule has 4 heteroatoms. The predicted molar refractivity (Wildman–Crippen MR) is 84.5 cm³/mol. The van der Waals surface area contributed by atoms with E-state index in [1.54, 1.807) is 6.33 Å². The van der Waals surface area contributed by atoms with Gasteiger partial charge in [-0.3, -0.25) is 4.79 Å². The first kappa shape index (κ1) is 13.6. The Morgan fingerprint density at radius 1 is 1.18 bits per heavy atom. The maximum Gasteiger partial charge on any atom is 0.233 e. The highest BCUT2D eigenvalue weighted by Gasteiger charge is 2.53. The number of nitrogens with one attached hydrogen (secondary N) is 1. The van der Waals surface area contributed by atoms with Gasteiger partial charge in [-0.25, -0.2) is 4.98 Å². The Labute approximate surface area is 130 Å². The van der Waals surface area contributed by atoms with Crippen molar-refractivity contribution in [2.75, 3.05) is 13.1 Å². The van der Waals surface area contributed by atoms with Gasteiger partial charge in [-0.2, -0.15) is 0 Å². The summed E-state index contributed by atoms with van der Waals surface area (Å²) in [6.07, 6.45) is 7.74. The van der Waals surface area contributed by atoms with Gasteiger partial charge in [-0.15, -0.1) is 0 Å². The number of carbonyl (C=O) groups is 1. The van der Waals surface area contributed by atoms with Crippen molar-refractivity contribution >= 4 is 5.91 Å². The first-order valence-electron chi connectivity index (χ1n) is 8.13. The summed E-state index contributed by atoms with van der Waals surface area (Å²) >= 11 is 0. The van der Waals surface area contributed by atoms with Crippen LogP contribution in [0.15, 0.2) is 42.9 Å². The molecule has 2 heterocycles. The van der Waals surface area contributed by atoms with Crippen LogP contribution in [0.2, 0.25) is 0 Å². The summed E-state index contributed by atoms with van der Waals surface area (Å²) in [7, 11) is 0. The van der Waals surface area contributed by atoms with Gasteiger partial charge in [0.05, 0.1) is 17.4 Å². The molecule has 2 fully saturated rings. The van der Waals surface area contributed by atoms with Crippen LogP contribution in [0.4, 0.5) is 0 Å². The molecule has 0 bridgehead atoms. The van der Waals surface area contributed by atoms with Crippen LogP contribution in [-0.2, 0) is 10.2 Å². The van der Waals surface area contributed by atoms with Crippen LogP contribution in [0.25, 0.3) is 0 Å². The number of imidazole rings is 1. The lowest BCUT2D eigenvalue weighted by Crippen LogP contribution is -2.43. The van der Waals surface area contributed by atoms with Gasteiger partial charge in [-0.05, 0) is 31.2 Å². The number of hydrogen-bond acceptors (Lipinski definition) is 2. The lowest BCUT2D eigenvalue weighted by atomic mass is 9.90. The highest BCUT2D eigenvalue weighted by Crippen LogP contribution is 2.50. The monoisotopic (exact) mass is 295 g/mol. The van der Waals surface area contributed by atoms with Crippen molar-refractivity contribution in [1.82, 2.24) is 14.9 Å². The molecule has 2 aromatic rings. The number of nitrogens with zero attached hydrogens (tertiary/aromatic N) is 2. The SMILES string of the molecule is O=C(N1CCC(c2c[nH]cn2)CC1)C1(c2ccccc2)CC1. The van der Waals surface area contributed by atoms with Crippen molar-refractivity contribution < 1.29 is 4.79 Å². The van der Waals surface area contributed by atoms with Crippen molar-refractivity contribution in [3.05, 3.63) is 54.1 Å². The molecule has 1 aromatic heterocycles. The maximum absolute atomic E-state index is 13.0. The lowest BCUT2D eigenvalue weighted by molar-refractivity contribution is -0.135. The van der Waals surface area contributed by atoms with Gasteiger partial charge in [-0.1, -0.05) is 30.3 Å². The van der Waals surface area contributed by atoms with Crippen LogP contribution in [0, 0.1) is 0 Å². The van der Waals surface area contributed by atoms with Crippen LogP contribution in [-0.4, -0.2) is 33.9 Å². The molecule has 1 aliphatic carbocycles. The Morgan fingerprint density at radius 2 is 1.91 bits per heavy atom. The van der Waals surface area contributed by atoms with E-state index in [4.69, 9.17) is 0 Å². The van der Waals surface area contributed by atoms with Gasteiger partial charge in [0.15, 0.2) is 0 Å². The molecule has 0 unspecified atom stereocenters. The molecule has 4 rings (SSSR count).